The molecule has 1 unspecified atom stereocenters. The lowest BCUT2D eigenvalue weighted by atomic mass is 9.90. The van der Waals surface area contributed by atoms with Gasteiger partial charge in [0.15, 0.2) is 0 Å². The van der Waals surface area contributed by atoms with E-state index in [0.717, 1.165) is 23.9 Å². The second kappa shape index (κ2) is 22.9. The SMILES string of the molecule is CCCCCCC(CCCCC)CN1[C@H](CC)CN(CCCCC(CCCC)CCCC)C[C@@H]1CC. The van der Waals surface area contributed by atoms with E-state index in [9.17, 15) is 0 Å². The van der Waals surface area contributed by atoms with E-state index >= 15 is 0 Å². The van der Waals surface area contributed by atoms with E-state index in [4.69, 9.17) is 0 Å². The van der Waals surface area contributed by atoms with Gasteiger partial charge in [-0.2, -0.15) is 0 Å². The summed E-state index contributed by atoms with van der Waals surface area (Å²) < 4.78 is 0. The van der Waals surface area contributed by atoms with Crippen molar-refractivity contribution in [2.45, 2.75) is 182 Å². The maximum Gasteiger partial charge on any atom is 0.0224 e. The van der Waals surface area contributed by atoms with Gasteiger partial charge in [-0.3, -0.25) is 4.90 Å². The maximum atomic E-state index is 3.00. The van der Waals surface area contributed by atoms with E-state index in [1.165, 1.54) is 155 Å². The van der Waals surface area contributed by atoms with Crippen molar-refractivity contribution in [1.82, 2.24) is 9.80 Å². The van der Waals surface area contributed by atoms with Crippen LogP contribution >= 0.6 is 0 Å². The maximum absolute atomic E-state index is 3.00. The highest BCUT2D eigenvalue weighted by Gasteiger charge is 2.33. The van der Waals surface area contributed by atoms with E-state index in [2.05, 4.69) is 51.3 Å². The fraction of sp³-hybridized carbons (Fsp3) is 1.00. The lowest BCUT2D eigenvalue weighted by molar-refractivity contribution is 0.00588. The molecule has 216 valence electrons. The second-order valence-electron chi connectivity index (χ2n) is 12.4. The van der Waals surface area contributed by atoms with Crippen LogP contribution in [0, 0.1) is 11.8 Å². The number of rotatable bonds is 24. The van der Waals surface area contributed by atoms with Crippen molar-refractivity contribution >= 4 is 0 Å². The quantitative estimate of drug-likeness (QED) is 0.120. The molecule has 0 N–H and O–H groups in total. The molecule has 0 aromatic carbocycles. The summed E-state index contributed by atoms with van der Waals surface area (Å²) in [5, 5.41) is 0. The highest BCUT2D eigenvalue weighted by atomic mass is 15.3. The minimum absolute atomic E-state index is 0.773. The van der Waals surface area contributed by atoms with Gasteiger partial charge in [0.05, 0.1) is 0 Å². The standard InChI is InChI=1S/C34H70N2/c1-7-13-17-19-26-32(25-18-14-8-2)28-36-33(11-5)29-35(30-34(36)12-6)27-21-20-24-31(22-15-9-3)23-16-10-4/h31-34H,7-30H2,1-6H3/t32?,33-,34+. The zero-order chi connectivity index (χ0) is 26.4. The van der Waals surface area contributed by atoms with Crippen molar-refractivity contribution in [3.8, 4) is 0 Å². The molecule has 2 nitrogen and oxygen atoms in total. The average molecular weight is 507 g/mol. The van der Waals surface area contributed by atoms with Gasteiger partial charge in [-0.25, -0.2) is 0 Å². The highest BCUT2D eigenvalue weighted by molar-refractivity contribution is 4.89. The summed E-state index contributed by atoms with van der Waals surface area (Å²) in [5.41, 5.74) is 0. The van der Waals surface area contributed by atoms with Gasteiger partial charge in [0.25, 0.3) is 0 Å². The second-order valence-corrected chi connectivity index (χ2v) is 12.4. The smallest absolute Gasteiger partial charge is 0.0224 e. The van der Waals surface area contributed by atoms with E-state index in [1.807, 2.05) is 0 Å². The summed E-state index contributed by atoms with van der Waals surface area (Å²) in [7, 11) is 0. The molecule has 1 aliphatic heterocycles. The van der Waals surface area contributed by atoms with Crippen LogP contribution in [0.1, 0.15) is 170 Å². The third-order valence-corrected chi connectivity index (χ3v) is 9.24. The van der Waals surface area contributed by atoms with Crippen molar-refractivity contribution in [1.29, 1.82) is 0 Å². The molecule has 1 rings (SSSR count). The Morgan fingerprint density at radius 2 is 0.944 bits per heavy atom. The lowest BCUT2D eigenvalue weighted by Gasteiger charge is -2.48. The number of hydrogen-bond acceptors (Lipinski definition) is 2. The van der Waals surface area contributed by atoms with Crippen LogP contribution < -0.4 is 0 Å². The minimum atomic E-state index is 0.773. The summed E-state index contributed by atoms with van der Waals surface area (Å²) in [4.78, 5) is 5.86. The molecule has 0 saturated carbocycles. The minimum Gasteiger partial charge on any atom is -0.300 e. The predicted octanol–water partition coefficient (Wildman–Crippen LogP) is 10.5. The Labute approximate surface area is 229 Å². The van der Waals surface area contributed by atoms with Crippen LogP contribution in [0.2, 0.25) is 0 Å². The molecule has 1 aliphatic rings. The van der Waals surface area contributed by atoms with Gasteiger partial charge in [0, 0.05) is 31.7 Å². The van der Waals surface area contributed by atoms with Crippen LogP contribution in [-0.2, 0) is 0 Å². The van der Waals surface area contributed by atoms with Gasteiger partial charge in [0.1, 0.15) is 0 Å². The first-order chi connectivity index (χ1) is 17.6. The number of unbranched alkanes of at least 4 members (excludes halogenated alkanes) is 8. The Kier molecular flexibility index (Phi) is 21.6. The number of hydrogen-bond donors (Lipinski definition) is 0. The molecule has 2 heteroatoms. The first kappa shape index (κ1) is 33.9. The zero-order valence-electron chi connectivity index (χ0n) is 26.2. The van der Waals surface area contributed by atoms with E-state index in [-0.39, 0.29) is 0 Å². The molecule has 0 radical (unpaired) electrons. The molecule has 0 aromatic rings. The molecule has 1 heterocycles. The molecule has 0 spiro atoms. The molecule has 0 aliphatic carbocycles. The van der Waals surface area contributed by atoms with Crippen LogP contribution in [0.25, 0.3) is 0 Å². The van der Waals surface area contributed by atoms with Gasteiger partial charge in [0.2, 0.25) is 0 Å². The van der Waals surface area contributed by atoms with Crippen LogP contribution in [0.4, 0.5) is 0 Å². The normalized spacial score (nSPS) is 20.4. The molecular weight excluding hydrogens is 436 g/mol. The summed E-state index contributed by atoms with van der Waals surface area (Å²) in [6.07, 6.45) is 28.4. The lowest BCUT2D eigenvalue weighted by Crippen LogP contribution is -2.59. The van der Waals surface area contributed by atoms with Crippen molar-refractivity contribution in [2.24, 2.45) is 11.8 Å². The van der Waals surface area contributed by atoms with Crippen molar-refractivity contribution in [3.05, 3.63) is 0 Å². The van der Waals surface area contributed by atoms with Gasteiger partial charge in [-0.15, -0.1) is 0 Å². The molecule has 0 bridgehead atoms. The van der Waals surface area contributed by atoms with Crippen LogP contribution in [0.3, 0.4) is 0 Å². The third-order valence-electron chi connectivity index (χ3n) is 9.24. The highest BCUT2D eigenvalue weighted by Crippen LogP contribution is 2.27. The first-order valence-corrected chi connectivity index (χ1v) is 17.1. The van der Waals surface area contributed by atoms with Crippen LogP contribution in [0.5, 0.6) is 0 Å². The average Bonchev–Trinajstić information content (AvgIpc) is 2.90. The molecule has 1 saturated heterocycles. The summed E-state index contributed by atoms with van der Waals surface area (Å²) in [6.45, 7) is 19.7. The van der Waals surface area contributed by atoms with E-state index < -0.39 is 0 Å². The fourth-order valence-electron chi connectivity index (χ4n) is 6.74. The van der Waals surface area contributed by atoms with Crippen molar-refractivity contribution < 1.29 is 0 Å². The van der Waals surface area contributed by atoms with Gasteiger partial charge in [-0.05, 0) is 50.5 Å². The zero-order valence-corrected chi connectivity index (χ0v) is 26.2. The Morgan fingerprint density at radius 3 is 1.47 bits per heavy atom. The van der Waals surface area contributed by atoms with Crippen molar-refractivity contribution in [3.63, 3.8) is 0 Å². The van der Waals surface area contributed by atoms with Gasteiger partial charge in [-0.1, -0.05) is 138 Å². The Balaban J connectivity index is 2.58. The van der Waals surface area contributed by atoms with Crippen LogP contribution in [0.15, 0.2) is 0 Å². The Hall–Kier alpha value is -0.0800. The molecular formula is C34H70N2. The van der Waals surface area contributed by atoms with E-state index in [0.29, 0.717) is 0 Å². The topological polar surface area (TPSA) is 6.48 Å². The Bertz CT molecular complexity index is 442. The number of nitrogens with zero attached hydrogens (tertiary/aromatic N) is 2. The molecule has 1 fully saturated rings. The Morgan fingerprint density at radius 1 is 0.500 bits per heavy atom. The number of piperazine rings is 1. The molecule has 0 aromatic heterocycles. The van der Waals surface area contributed by atoms with Gasteiger partial charge >= 0.3 is 0 Å². The van der Waals surface area contributed by atoms with E-state index in [1.54, 1.807) is 0 Å². The fourth-order valence-corrected chi connectivity index (χ4v) is 6.74. The third kappa shape index (κ3) is 14.8. The summed E-state index contributed by atoms with van der Waals surface area (Å²) >= 11 is 0. The summed E-state index contributed by atoms with van der Waals surface area (Å²) in [6, 6.07) is 1.55. The summed E-state index contributed by atoms with van der Waals surface area (Å²) in [5.74, 6) is 1.92. The molecule has 0 amide bonds. The predicted molar refractivity (Wildman–Crippen MR) is 164 cm³/mol. The largest absolute Gasteiger partial charge is 0.300 e. The molecule has 3 atom stereocenters. The van der Waals surface area contributed by atoms with Crippen LogP contribution in [-0.4, -0.2) is 48.1 Å². The monoisotopic (exact) mass is 507 g/mol. The molecule has 36 heavy (non-hydrogen) atoms. The first-order valence-electron chi connectivity index (χ1n) is 17.1. The van der Waals surface area contributed by atoms with Crippen molar-refractivity contribution in [2.75, 3.05) is 26.2 Å². The van der Waals surface area contributed by atoms with Gasteiger partial charge < -0.3 is 4.90 Å².